The number of carbonyl (C=O) groups is 2. The molecular formula is C15H23N3O3S. The van der Waals surface area contributed by atoms with Crippen molar-refractivity contribution in [2.75, 3.05) is 31.1 Å². The predicted molar refractivity (Wildman–Crippen MR) is 85.8 cm³/mol. The van der Waals surface area contributed by atoms with E-state index in [9.17, 15) is 9.59 Å². The van der Waals surface area contributed by atoms with Crippen molar-refractivity contribution in [2.45, 2.75) is 26.2 Å². The summed E-state index contributed by atoms with van der Waals surface area (Å²) in [7, 11) is 0. The van der Waals surface area contributed by atoms with Gasteiger partial charge in [-0.05, 0) is 30.9 Å². The topological polar surface area (TPSA) is 75.4 Å². The van der Waals surface area contributed by atoms with E-state index in [1.54, 1.807) is 11.8 Å². The first-order valence-corrected chi connectivity index (χ1v) is 8.90. The molecule has 1 atom stereocenters. The van der Waals surface area contributed by atoms with E-state index in [0.29, 0.717) is 23.9 Å². The van der Waals surface area contributed by atoms with E-state index in [1.165, 1.54) is 12.3 Å². The molecule has 2 rings (SSSR count). The number of carbonyl (C=O) groups excluding carboxylic acids is 2. The molecular weight excluding hydrogens is 302 g/mol. The minimum Gasteiger partial charge on any atom is -0.364 e. The zero-order chi connectivity index (χ0) is 15.8. The Labute approximate surface area is 135 Å². The van der Waals surface area contributed by atoms with E-state index in [2.05, 4.69) is 21.9 Å². The van der Waals surface area contributed by atoms with E-state index < -0.39 is 0 Å². The van der Waals surface area contributed by atoms with Crippen LogP contribution in [-0.4, -0.2) is 53.0 Å². The fraction of sp³-hybridized carbons (Fsp3) is 0.667. The average Bonchev–Trinajstić information content (AvgIpc) is 3.07. The Morgan fingerprint density at radius 3 is 3.14 bits per heavy atom. The van der Waals surface area contributed by atoms with Gasteiger partial charge in [0.25, 0.3) is 5.91 Å². The monoisotopic (exact) mass is 325 g/mol. The molecule has 6 nitrogen and oxygen atoms in total. The molecule has 2 heterocycles. The number of piperidine rings is 1. The Bertz CT molecular complexity index is 478. The van der Waals surface area contributed by atoms with E-state index in [1.807, 2.05) is 4.90 Å². The second kappa shape index (κ2) is 8.82. The molecule has 1 unspecified atom stereocenters. The highest BCUT2D eigenvalue weighted by molar-refractivity contribution is 7.99. The zero-order valence-corrected chi connectivity index (χ0v) is 13.7. The van der Waals surface area contributed by atoms with Crippen LogP contribution in [0, 0.1) is 5.92 Å². The molecule has 1 saturated heterocycles. The predicted octanol–water partition coefficient (Wildman–Crippen LogP) is 1.79. The van der Waals surface area contributed by atoms with Crippen molar-refractivity contribution in [2.24, 2.45) is 5.92 Å². The number of nitrogens with one attached hydrogen (secondary N) is 1. The van der Waals surface area contributed by atoms with Crippen molar-refractivity contribution in [3.8, 4) is 0 Å². The fourth-order valence-electron chi connectivity index (χ4n) is 2.51. The number of amides is 2. The molecule has 122 valence electrons. The molecule has 1 aromatic heterocycles. The lowest BCUT2D eigenvalue weighted by molar-refractivity contribution is -0.130. The van der Waals surface area contributed by atoms with Gasteiger partial charge < -0.3 is 14.7 Å². The third-order valence-corrected chi connectivity index (χ3v) is 4.82. The summed E-state index contributed by atoms with van der Waals surface area (Å²) < 4.78 is 4.66. The van der Waals surface area contributed by atoms with Gasteiger partial charge in [0, 0.05) is 25.7 Å². The number of hydrogen-bond acceptors (Lipinski definition) is 5. The average molecular weight is 325 g/mol. The van der Waals surface area contributed by atoms with Crippen LogP contribution in [0.3, 0.4) is 0 Å². The van der Waals surface area contributed by atoms with Gasteiger partial charge in [0.05, 0.1) is 5.75 Å². The van der Waals surface area contributed by atoms with Crippen molar-refractivity contribution < 1.29 is 14.1 Å². The van der Waals surface area contributed by atoms with Crippen LogP contribution < -0.4 is 5.32 Å². The van der Waals surface area contributed by atoms with Crippen molar-refractivity contribution in [1.82, 2.24) is 15.4 Å². The lowest BCUT2D eigenvalue weighted by Gasteiger charge is -2.32. The molecule has 2 amide bonds. The minimum absolute atomic E-state index is 0.214. The van der Waals surface area contributed by atoms with Crippen LogP contribution in [-0.2, 0) is 4.79 Å². The van der Waals surface area contributed by atoms with Crippen LogP contribution in [0.5, 0.6) is 0 Å². The Balaban J connectivity index is 1.73. The Morgan fingerprint density at radius 1 is 1.55 bits per heavy atom. The van der Waals surface area contributed by atoms with E-state index >= 15 is 0 Å². The highest BCUT2D eigenvalue weighted by Gasteiger charge is 2.24. The molecule has 1 aromatic rings. The van der Waals surface area contributed by atoms with Crippen LogP contribution in [0.25, 0.3) is 0 Å². The minimum atomic E-state index is -0.226. The molecule has 0 bridgehead atoms. The molecule has 22 heavy (non-hydrogen) atoms. The van der Waals surface area contributed by atoms with Gasteiger partial charge >= 0.3 is 0 Å². The van der Waals surface area contributed by atoms with Crippen molar-refractivity contribution in [3.05, 3.63) is 18.0 Å². The second-order valence-electron chi connectivity index (χ2n) is 5.50. The van der Waals surface area contributed by atoms with E-state index in [0.717, 1.165) is 38.1 Å². The van der Waals surface area contributed by atoms with Crippen LogP contribution >= 0.6 is 11.8 Å². The maximum absolute atomic E-state index is 12.1. The Hall–Kier alpha value is -1.50. The first-order valence-electron chi connectivity index (χ1n) is 7.74. The van der Waals surface area contributed by atoms with Crippen LogP contribution in [0.2, 0.25) is 0 Å². The smallest absolute Gasteiger partial charge is 0.273 e. The third kappa shape index (κ3) is 5.05. The number of likely N-dealkylation sites (tertiary alicyclic amines) is 1. The quantitative estimate of drug-likeness (QED) is 0.774. The molecule has 0 radical (unpaired) electrons. The van der Waals surface area contributed by atoms with Gasteiger partial charge in [-0.3, -0.25) is 9.59 Å². The van der Waals surface area contributed by atoms with Gasteiger partial charge in [-0.1, -0.05) is 12.1 Å². The zero-order valence-electron chi connectivity index (χ0n) is 12.9. The SMILES string of the molecule is CCCSCC(=O)N1CCCC(CNC(=O)c2ccon2)C1. The molecule has 0 aromatic carbocycles. The molecule has 1 N–H and O–H groups in total. The number of hydrogen-bond donors (Lipinski definition) is 1. The molecule has 1 aliphatic heterocycles. The van der Waals surface area contributed by atoms with Crippen LogP contribution in [0.15, 0.2) is 16.9 Å². The number of thioether (sulfide) groups is 1. The molecule has 0 aliphatic carbocycles. The van der Waals surface area contributed by atoms with Gasteiger partial charge in [-0.2, -0.15) is 11.8 Å². The Morgan fingerprint density at radius 2 is 2.41 bits per heavy atom. The highest BCUT2D eigenvalue weighted by atomic mass is 32.2. The third-order valence-electron chi connectivity index (χ3n) is 3.67. The molecule has 7 heteroatoms. The number of nitrogens with zero attached hydrogens (tertiary/aromatic N) is 2. The first kappa shape index (κ1) is 16.9. The van der Waals surface area contributed by atoms with Gasteiger partial charge in [0.1, 0.15) is 6.26 Å². The summed E-state index contributed by atoms with van der Waals surface area (Å²) in [5, 5.41) is 6.47. The van der Waals surface area contributed by atoms with Gasteiger partial charge in [-0.25, -0.2) is 0 Å². The van der Waals surface area contributed by atoms with Crippen molar-refractivity contribution in [3.63, 3.8) is 0 Å². The maximum atomic E-state index is 12.1. The van der Waals surface area contributed by atoms with Crippen LogP contribution in [0.4, 0.5) is 0 Å². The first-order chi connectivity index (χ1) is 10.7. The van der Waals surface area contributed by atoms with E-state index in [4.69, 9.17) is 0 Å². The summed E-state index contributed by atoms with van der Waals surface area (Å²) in [5.74, 6) is 1.88. The summed E-state index contributed by atoms with van der Waals surface area (Å²) in [6.07, 6.45) is 4.50. The van der Waals surface area contributed by atoms with Crippen LogP contribution in [0.1, 0.15) is 36.7 Å². The van der Waals surface area contributed by atoms with Crippen molar-refractivity contribution >= 4 is 23.6 Å². The summed E-state index contributed by atoms with van der Waals surface area (Å²) in [6, 6.07) is 1.54. The Kier molecular flexibility index (Phi) is 6.76. The summed E-state index contributed by atoms with van der Waals surface area (Å²) >= 11 is 1.69. The second-order valence-corrected chi connectivity index (χ2v) is 6.60. The normalized spacial score (nSPS) is 18.2. The maximum Gasteiger partial charge on any atom is 0.273 e. The lowest BCUT2D eigenvalue weighted by Crippen LogP contribution is -2.44. The molecule has 1 fully saturated rings. The highest BCUT2D eigenvalue weighted by Crippen LogP contribution is 2.17. The van der Waals surface area contributed by atoms with Crippen molar-refractivity contribution in [1.29, 1.82) is 0 Å². The van der Waals surface area contributed by atoms with E-state index in [-0.39, 0.29) is 11.8 Å². The standard InChI is InChI=1S/C15H23N3O3S/c1-2-8-22-11-14(19)18-6-3-4-12(10-18)9-16-15(20)13-5-7-21-17-13/h5,7,12H,2-4,6,8-11H2,1H3,(H,16,20). The van der Waals surface area contributed by atoms with Gasteiger partial charge in [0.15, 0.2) is 5.69 Å². The summed E-state index contributed by atoms with van der Waals surface area (Å²) in [4.78, 5) is 25.9. The van der Waals surface area contributed by atoms with Gasteiger partial charge in [-0.15, -0.1) is 0 Å². The summed E-state index contributed by atoms with van der Waals surface area (Å²) in [5.41, 5.74) is 0.291. The summed E-state index contributed by atoms with van der Waals surface area (Å²) in [6.45, 7) is 4.24. The number of rotatable bonds is 7. The fourth-order valence-corrected chi connectivity index (χ4v) is 3.30. The van der Waals surface area contributed by atoms with Gasteiger partial charge in [0.2, 0.25) is 5.91 Å². The number of aromatic nitrogens is 1. The molecule has 0 saturated carbocycles. The molecule has 0 spiro atoms. The molecule has 1 aliphatic rings. The largest absolute Gasteiger partial charge is 0.364 e. The lowest BCUT2D eigenvalue weighted by atomic mass is 9.98.